The number of carbonyl (C=O) groups excluding carboxylic acids is 4. The number of carbonyl (C=O) groups is 4. The van der Waals surface area contributed by atoms with Crippen molar-refractivity contribution in [2.75, 3.05) is 42.3 Å². The summed E-state index contributed by atoms with van der Waals surface area (Å²) in [6.07, 6.45) is 0. The Labute approximate surface area is 266 Å². The lowest BCUT2D eigenvalue weighted by Crippen LogP contribution is -2.29. The number of benzene rings is 3. The van der Waals surface area contributed by atoms with Gasteiger partial charge in [0, 0.05) is 36.0 Å². The lowest BCUT2D eigenvalue weighted by atomic mass is 10.0. The zero-order valence-corrected chi connectivity index (χ0v) is 25.1. The highest BCUT2D eigenvalue weighted by molar-refractivity contribution is 6.33. The maximum Gasteiger partial charge on any atom is 0.329 e. The molecule has 3 aromatic carbocycles. The number of ether oxygens (including phenoxy) is 1. The second-order valence-corrected chi connectivity index (χ2v) is 10.3. The van der Waals surface area contributed by atoms with Crippen molar-refractivity contribution in [3.05, 3.63) is 92.7 Å². The Morgan fingerprint density at radius 2 is 1.83 bits per heavy atom. The summed E-state index contributed by atoms with van der Waals surface area (Å²) in [7, 11) is 1.51. The molecule has 46 heavy (non-hydrogen) atoms. The maximum absolute atomic E-state index is 13.1. The van der Waals surface area contributed by atoms with E-state index >= 15 is 0 Å². The molecule has 5 amide bonds. The normalized spacial score (nSPS) is 12.5. The molecule has 1 fully saturated rings. The third-order valence-corrected chi connectivity index (χ3v) is 7.26. The van der Waals surface area contributed by atoms with E-state index in [0.29, 0.717) is 28.5 Å². The fourth-order valence-corrected chi connectivity index (χ4v) is 4.94. The van der Waals surface area contributed by atoms with Crippen LogP contribution in [-0.2, 0) is 4.79 Å². The number of imide groups is 1. The molecule has 4 N–H and O–H groups in total. The molecule has 1 aromatic heterocycles. The predicted molar refractivity (Wildman–Crippen MR) is 167 cm³/mol. The number of anilines is 3. The molecule has 5 rings (SSSR count). The number of amides is 5. The number of urea groups is 1. The smallest absolute Gasteiger partial charge is 0.329 e. The van der Waals surface area contributed by atoms with Crippen LogP contribution < -0.4 is 30.9 Å². The number of nitrogens with zero attached hydrogens (tertiary/aromatic N) is 3. The number of aromatic nitrogens is 1. The van der Waals surface area contributed by atoms with Crippen molar-refractivity contribution in [1.29, 1.82) is 0 Å². The average Bonchev–Trinajstić information content (AvgIpc) is 3.60. The van der Waals surface area contributed by atoms with Gasteiger partial charge in [0.15, 0.2) is 0 Å². The fourth-order valence-electron chi connectivity index (χ4n) is 4.71. The summed E-state index contributed by atoms with van der Waals surface area (Å²) in [5.74, 6) is -0.707. The molecule has 0 bridgehead atoms. The van der Waals surface area contributed by atoms with E-state index in [2.05, 4.69) is 26.4 Å². The van der Waals surface area contributed by atoms with Gasteiger partial charge < -0.3 is 25.2 Å². The molecule has 16 heteroatoms. The zero-order valence-electron chi connectivity index (χ0n) is 24.4. The van der Waals surface area contributed by atoms with Crippen LogP contribution in [0.2, 0.25) is 5.02 Å². The minimum absolute atomic E-state index is 0.0205. The van der Waals surface area contributed by atoms with Crippen molar-refractivity contribution in [2.24, 2.45) is 0 Å². The number of hydrogen-bond acceptors (Lipinski definition) is 10. The first-order valence-electron chi connectivity index (χ1n) is 13.7. The molecular formula is C30H26ClN7O8. The summed E-state index contributed by atoms with van der Waals surface area (Å²) in [5, 5.41) is 26.3. The van der Waals surface area contributed by atoms with Gasteiger partial charge in [-0.1, -0.05) is 28.9 Å². The highest BCUT2D eigenvalue weighted by Crippen LogP contribution is 2.35. The van der Waals surface area contributed by atoms with Gasteiger partial charge in [-0.3, -0.25) is 34.7 Å². The minimum Gasteiger partial charge on any atom is -0.496 e. The van der Waals surface area contributed by atoms with Gasteiger partial charge in [-0.15, -0.1) is 0 Å². The molecule has 0 aliphatic carbocycles. The Morgan fingerprint density at radius 1 is 1.09 bits per heavy atom. The van der Waals surface area contributed by atoms with Crippen LogP contribution in [0.1, 0.15) is 26.5 Å². The summed E-state index contributed by atoms with van der Waals surface area (Å²) in [4.78, 5) is 61.7. The number of halogens is 1. The molecule has 0 saturated carbocycles. The molecule has 4 aromatic rings. The molecule has 1 saturated heterocycles. The molecular weight excluding hydrogens is 622 g/mol. The second kappa shape index (κ2) is 13.4. The van der Waals surface area contributed by atoms with Gasteiger partial charge in [0.1, 0.15) is 35.0 Å². The Morgan fingerprint density at radius 3 is 2.50 bits per heavy atom. The van der Waals surface area contributed by atoms with Gasteiger partial charge in [-0.25, -0.2) is 4.79 Å². The Bertz CT molecular complexity index is 1860. The number of rotatable bonds is 11. The van der Waals surface area contributed by atoms with Gasteiger partial charge in [0.05, 0.1) is 22.7 Å². The molecule has 1 aliphatic rings. The van der Waals surface area contributed by atoms with Crippen LogP contribution in [0.3, 0.4) is 0 Å². The molecule has 0 radical (unpaired) electrons. The average molecular weight is 648 g/mol. The van der Waals surface area contributed by atoms with Gasteiger partial charge >= 0.3 is 6.03 Å². The van der Waals surface area contributed by atoms with E-state index in [1.807, 2.05) is 0 Å². The molecule has 15 nitrogen and oxygen atoms in total. The summed E-state index contributed by atoms with van der Waals surface area (Å²) in [6.45, 7) is 1.76. The second-order valence-electron chi connectivity index (χ2n) is 9.89. The van der Waals surface area contributed by atoms with Crippen molar-refractivity contribution in [2.45, 2.75) is 6.92 Å². The number of aryl methyl sites for hydroxylation is 1. The first-order chi connectivity index (χ1) is 22.1. The van der Waals surface area contributed by atoms with Crippen molar-refractivity contribution in [1.82, 2.24) is 15.8 Å². The molecule has 2 heterocycles. The lowest BCUT2D eigenvalue weighted by molar-refractivity contribution is -0.383. The van der Waals surface area contributed by atoms with Crippen molar-refractivity contribution in [3.63, 3.8) is 0 Å². The maximum atomic E-state index is 13.1. The summed E-state index contributed by atoms with van der Waals surface area (Å²) in [5.41, 5.74) is 1.41. The number of para-hydroxylation sites is 1. The number of methoxy groups -OCH3 is 1. The fraction of sp³-hybridized carbons (Fsp3) is 0.167. The number of nitro groups is 1. The Balaban J connectivity index is 1.25. The lowest BCUT2D eigenvalue weighted by Gasteiger charge is -2.14. The molecule has 0 spiro atoms. The van der Waals surface area contributed by atoms with Crippen LogP contribution in [0.25, 0.3) is 11.3 Å². The SMILES string of the molecule is COc1ccccc1-c1noc(C)c1C(=O)NCCNc1cc(NC(=O)c2ccc(N3CC(=O)NC3=O)cc2)c([N+](=O)[O-])cc1Cl. The summed E-state index contributed by atoms with van der Waals surface area (Å²) < 4.78 is 10.7. The van der Waals surface area contributed by atoms with E-state index in [1.165, 1.54) is 42.3 Å². The van der Waals surface area contributed by atoms with Crippen LogP contribution in [0.4, 0.5) is 27.5 Å². The van der Waals surface area contributed by atoms with Crippen molar-refractivity contribution < 1.29 is 33.4 Å². The van der Waals surface area contributed by atoms with Crippen molar-refractivity contribution >= 4 is 58.1 Å². The third-order valence-electron chi connectivity index (χ3n) is 6.94. The van der Waals surface area contributed by atoms with Gasteiger partial charge in [-0.2, -0.15) is 0 Å². The van der Waals surface area contributed by atoms with Crippen LogP contribution in [0.5, 0.6) is 5.75 Å². The van der Waals surface area contributed by atoms with E-state index in [1.54, 1.807) is 31.2 Å². The molecule has 236 valence electrons. The third kappa shape index (κ3) is 6.58. The quantitative estimate of drug-likeness (QED) is 0.0784. The molecule has 1 aliphatic heterocycles. The van der Waals surface area contributed by atoms with E-state index < -0.39 is 34.4 Å². The predicted octanol–water partition coefficient (Wildman–Crippen LogP) is 4.37. The standard InChI is InChI=1S/C30H26ClN7O8/c1-16-26(27(36-46-16)19-5-3-4-6-24(19)45-2)29(41)33-12-11-32-21-14-22(23(38(43)44)13-20(21)31)34-28(40)17-7-9-18(10-8-17)37-15-25(39)35-30(37)42/h3-10,13-14,32H,11-12,15H2,1-2H3,(H,33,41)(H,34,40)(H,35,39,42). The van der Waals surface area contributed by atoms with Gasteiger partial charge in [0.25, 0.3) is 17.5 Å². The van der Waals surface area contributed by atoms with E-state index in [-0.39, 0.29) is 47.2 Å². The van der Waals surface area contributed by atoms with Gasteiger partial charge in [0.2, 0.25) is 5.91 Å². The van der Waals surface area contributed by atoms with E-state index in [0.717, 1.165) is 6.07 Å². The first-order valence-corrected chi connectivity index (χ1v) is 14.1. The largest absolute Gasteiger partial charge is 0.496 e. The van der Waals surface area contributed by atoms with E-state index in [9.17, 15) is 29.3 Å². The van der Waals surface area contributed by atoms with Crippen LogP contribution in [0, 0.1) is 17.0 Å². The number of nitrogens with one attached hydrogen (secondary N) is 4. The van der Waals surface area contributed by atoms with Gasteiger partial charge in [-0.05, 0) is 49.4 Å². The zero-order chi connectivity index (χ0) is 33.0. The highest BCUT2D eigenvalue weighted by Gasteiger charge is 2.28. The monoisotopic (exact) mass is 647 g/mol. The Kier molecular flexibility index (Phi) is 9.13. The number of nitro benzene ring substituents is 1. The van der Waals surface area contributed by atoms with Crippen LogP contribution in [-0.4, -0.2) is 60.6 Å². The molecule has 0 atom stereocenters. The van der Waals surface area contributed by atoms with E-state index in [4.69, 9.17) is 20.9 Å². The minimum atomic E-state index is -0.682. The Hall–Kier alpha value is -5.96. The van der Waals surface area contributed by atoms with Crippen LogP contribution >= 0.6 is 11.6 Å². The topological polar surface area (TPSA) is 198 Å². The van der Waals surface area contributed by atoms with Crippen molar-refractivity contribution in [3.8, 4) is 17.0 Å². The van der Waals surface area contributed by atoms with Crippen LogP contribution in [0.15, 0.2) is 65.2 Å². The first kappa shape index (κ1) is 31.5. The summed E-state index contributed by atoms with van der Waals surface area (Å²) in [6, 6.07) is 14.7. The molecule has 0 unspecified atom stereocenters. The number of hydrogen-bond donors (Lipinski definition) is 4. The summed E-state index contributed by atoms with van der Waals surface area (Å²) >= 11 is 6.30. The highest BCUT2D eigenvalue weighted by atomic mass is 35.5.